The van der Waals surface area contributed by atoms with Crippen molar-refractivity contribution in [3.05, 3.63) is 30.1 Å². The molecule has 0 amide bonds. The summed E-state index contributed by atoms with van der Waals surface area (Å²) >= 11 is 16.5. The molecule has 0 saturated carbocycles. The zero-order valence-electron chi connectivity index (χ0n) is 6.62. The monoisotopic (exact) mass is 239 g/mol. The summed E-state index contributed by atoms with van der Waals surface area (Å²) in [6.07, 6.45) is 0.824. The Bertz CT molecular complexity index is 260. The summed E-state index contributed by atoms with van der Waals surface area (Å²) < 4.78 is -1.66. The zero-order valence-corrected chi connectivity index (χ0v) is 8.89. The van der Waals surface area contributed by atoms with Crippen molar-refractivity contribution in [3.63, 3.8) is 0 Å². The van der Waals surface area contributed by atoms with E-state index in [-0.39, 0.29) is 6.42 Å². The molecule has 0 spiro atoms. The van der Waals surface area contributed by atoms with Gasteiger partial charge in [0.25, 0.3) is 0 Å². The number of alkyl halides is 3. The quantitative estimate of drug-likeness (QED) is 0.805. The van der Waals surface area contributed by atoms with E-state index < -0.39 is 9.90 Å². The van der Waals surface area contributed by atoms with Gasteiger partial charge in [-0.15, -0.1) is 0 Å². The van der Waals surface area contributed by atoms with Crippen LogP contribution in [0.1, 0.15) is 5.69 Å². The Hall–Kier alpha value is -0.0200. The van der Waals surface area contributed by atoms with Crippen molar-refractivity contribution < 1.29 is 5.11 Å². The first-order chi connectivity index (χ1) is 6.00. The lowest BCUT2D eigenvalue weighted by Crippen LogP contribution is -2.27. The molecule has 0 aliphatic rings. The predicted molar refractivity (Wildman–Crippen MR) is 54.2 cm³/mol. The number of hydrogen-bond donors (Lipinski definition) is 1. The molecule has 1 heterocycles. The van der Waals surface area contributed by atoms with Crippen molar-refractivity contribution in [3.8, 4) is 0 Å². The smallest absolute Gasteiger partial charge is 0.216 e. The van der Waals surface area contributed by atoms with Gasteiger partial charge in [0.05, 0.1) is 0 Å². The Morgan fingerprint density at radius 1 is 1.38 bits per heavy atom. The van der Waals surface area contributed by atoms with E-state index in [0.717, 1.165) is 0 Å². The Morgan fingerprint density at radius 2 is 2.08 bits per heavy atom. The van der Waals surface area contributed by atoms with Crippen LogP contribution in [-0.2, 0) is 6.42 Å². The number of aromatic nitrogens is 1. The summed E-state index contributed by atoms with van der Waals surface area (Å²) in [6, 6.07) is 5.36. The number of aliphatic hydroxyl groups excluding tert-OH is 1. The minimum Gasteiger partial charge on any atom is -0.388 e. The molecule has 1 rings (SSSR count). The minimum absolute atomic E-state index is 0.233. The summed E-state index contributed by atoms with van der Waals surface area (Å²) in [5, 5.41) is 9.40. The highest BCUT2D eigenvalue weighted by Crippen LogP contribution is 2.31. The molecule has 0 aliphatic heterocycles. The topological polar surface area (TPSA) is 33.1 Å². The van der Waals surface area contributed by atoms with Crippen LogP contribution in [0.25, 0.3) is 0 Å². The molecule has 1 atom stereocenters. The first-order valence-corrected chi connectivity index (χ1v) is 4.78. The van der Waals surface area contributed by atoms with Crippen LogP contribution in [0, 0.1) is 0 Å². The molecule has 0 bridgehead atoms. The fourth-order valence-electron chi connectivity index (χ4n) is 0.833. The molecular weight excluding hydrogens is 232 g/mol. The molecule has 72 valence electrons. The molecule has 2 nitrogen and oxygen atoms in total. The Balaban J connectivity index is 2.61. The SMILES string of the molecule is OC(Cc1ccccn1)C(Cl)(Cl)Cl. The second-order valence-electron chi connectivity index (χ2n) is 2.58. The molecule has 0 aliphatic carbocycles. The van der Waals surface area contributed by atoms with Crippen molar-refractivity contribution >= 4 is 34.8 Å². The fraction of sp³-hybridized carbons (Fsp3) is 0.375. The third-order valence-corrected chi connectivity index (χ3v) is 2.26. The number of nitrogens with zero attached hydrogens (tertiary/aromatic N) is 1. The van der Waals surface area contributed by atoms with E-state index in [1.165, 1.54) is 0 Å². The first-order valence-electron chi connectivity index (χ1n) is 3.65. The Kier molecular flexibility index (Phi) is 3.80. The highest BCUT2D eigenvalue weighted by molar-refractivity contribution is 6.68. The van der Waals surface area contributed by atoms with Gasteiger partial charge in [0.1, 0.15) is 6.10 Å². The van der Waals surface area contributed by atoms with E-state index in [1.807, 2.05) is 6.07 Å². The molecule has 0 radical (unpaired) electrons. The molecule has 13 heavy (non-hydrogen) atoms. The number of halogens is 3. The average Bonchev–Trinajstić information content (AvgIpc) is 2.04. The highest BCUT2D eigenvalue weighted by atomic mass is 35.6. The molecule has 0 aromatic carbocycles. The zero-order chi connectivity index (χ0) is 9.90. The van der Waals surface area contributed by atoms with E-state index in [1.54, 1.807) is 18.3 Å². The number of pyridine rings is 1. The normalized spacial score (nSPS) is 14.2. The molecule has 1 aromatic rings. The van der Waals surface area contributed by atoms with E-state index in [4.69, 9.17) is 34.8 Å². The van der Waals surface area contributed by atoms with Crippen molar-refractivity contribution in [2.24, 2.45) is 0 Å². The number of hydrogen-bond acceptors (Lipinski definition) is 2. The maximum atomic E-state index is 9.40. The van der Waals surface area contributed by atoms with Crippen molar-refractivity contribution in [2.75, 3.05) is 0 Å². The second-order valence-corrected chi connectivity index (χ2v) is 4.95. The Labute approximate surface area is 91.4 Å². The van der Waals surface area contributed by atoms with Crippen LogP contribution in [0.4, 0.5) is 0 Å². The van der Waals surface area contributed by atoms with Gasteiger partial charge < -0.3 is 5.11 Å². The van der Waals surface area contributed by atoms with Crippen LogP contribution < -0.4 is 0 Å². The van der Waals surface area contributed by atoms with E-state index >= 15 is 0 Å². The lowest BCUT2D eigenvalue weighted by molar-refractivity contribution is 0.178. The summed E-state index contributed by atoms with van der Waals surface area (Å²) in [6.45, 7) is 0. The highest BCUT2D eigenvalue weighted by Gasteiger charge is 2.30. The van der Waals surface area contributed by atoms with Gasteiger partial charge in [-0.25, -0.2) is 0 Å². The lowest BCUT2D eigenvalue weighted by Gasteiger charge is -2.17. The summed E-state index contributed by atoms with van der Waals surface area (Å²) in [7, 11) is 0. The van der Waals surface area contributed by atoms with Crippen LogP contribution in [0.5, 0.6) is 0 Å². The van der Waals surface area contributed by atoms with Crippen LogP contribution in [0.3, 0.4) is 0 Å². The summed E-state index contributed by atoms with van der Waals surface area (Å²) in [4.78, 5) is 4.00. The van der Waals surface area contributed by atoms with Gasteiger partial charge in [0.2, 0.25) is 3.79 Å². The maximum absolute atomic E-state index is 9.40. The van der Waals surface area contributed by atoms with Crippen molar-refractivity contribution in [2.45, 2.75) is 16.3 Å². The molecular formula is C8H8Cl3NO. The van der Waals surface area contributed by atoms with Crippen LogP contribution in [0.15, 0.2) is 24.4 Å². The van der Waals surface area contributed by atoms with Crippen LogP contribution >= 0.6 is 34.8 Å². The molecule has 1 aromatic heterocycles. The molecule has 1 N–H and O–H groups in total. The predicted octanol–water partition coefficient (Wildman–Crippen LogP) is 2.36. The van der Waals surface area contributed by atoms with Gasteiger partial charge in [-0.05, 0) is 12.1 Å². The standard InChI is InChI=1S/C8H8Cl3NO/c9-8(10,11)7(13)5-6-3-1-2-4-12-6/h1-4,7,13H,5H2. The number of rotatable bonds is 2. The van der Waals surface area contributed by atoms with Crippen LogP contribution in [0.2, 0.25) is 0 Å². The fourth-order valence-corrected chi connectivity index (χ4v) is 1.06. The first kappa shape index (κ1) is 11.1. The van der Waals surface area contributed by atoms with Gasteiger partial charge in [0, 0.05) is 18.3 Å². The number of aliphatic hydroxyl groups is 1. The van der Waals surface area contributed by atoms with Gasteiger partial charge in [0.15, 0.2) is 0 Å². The second kappa shape index (κ2) is 4.47. The van der Waals surface area contributed by atoms with Gasteiger partial charge in [-0.2, -0.15) is 0 Å². The summed E-state index contributed by atoms with van der Waals surface area (Å²) in [5.74, 6) is 0. The van der Waals surface area contributed by atoms with Gasteiger partial charge >= 0.3 is 0 Å². The lowest BCUT2D eigenvalue weighted by atomic mass is 10.2. The minimum atomic E-state index is -1.66. The molecule has 1 unspecified atom stereocenters. The van der Waals surface area contributed by atoms with Crippen molar-refractivity contribution in [1.29, 1.82) is 0 Å². The van der Waals surface area contributed by atoms with E-state index in [0.29, 0.717) is 5.69 Å². The third-order valence-electron chi connectivity index (χ3n) is 1.51. The average molecular weight is 241 g/mol. The largest absolute Gasteiger partial charge is 0.388 e. The van der Waals surface area contributed by atoms with Gasteiger partial charge in [-0.1, -0.05) is 40.9 Å². The van der Waals surface area contributed by atoms with Gasteiger partial charge in [-0.3, -0.25) is 4.98 Å². The van der Waals surface area contributed by atoms with E-state index in [2.05, 4.69) is 4.98 Å². The van der Waals surface area contributed by atoms with Crippen molar-refractivity contribution in [1.82, 2.24) is 4.98 Å². The third kappa shape index (κ3) is 3.69. The maximum Gasteiger partial charge on any atom is 0.216 e. The van der Waals surface area contributed by atoms with Crippen LogP contribution in [-0.4, -0.2) is 20.0 Å². The molecule has 0 fully saturated rings. The molecule has 0 saturated heterocycles. The van der Waals surface area contributed by atoms with E-state index in [9.17, 15) is 5.11 Å². The summed E-state index contributed by atoms with van der Waals surface area (Å²) in [5.41, 5.74) is 0.696. The molecule has 5 heteroatoms. The Morgan fingerprint density at radius 3 is 2.54 bits per heavy atom.